The zero-order valence-corrected chi connectivity index (χ0v) is 13.5. The number of amides is 1. The second-order valence-corrected chi connectivity index (χ2v) is 6.16. The van der Waals surface area contributed by atoms with Crippen molar-refractivity contribution in [1.29, 1.82) is 0 Å². The van der Waals surface area contributed by atoms with E-state index in [1.54, 1.807) is 11.3 Å². The van der Waals surface area contributed by atoms with E-state index in [0.29, 0.717) is 24.6 Å². The Morgan fingerprint density at radius 3 is 2.83 bits per heavy atom. The van der Waals surface area contributed by atoms with E-state index in [1.165, 1.54) is 0 Å². The number of benzene rings is 1. The van der Waals surface area contributed by atoms with Gasteiger partial charge in [-0.3, -0.25) is 4.79 Å². The normalized spacial score (nSPS) is 12.0. The Morgan fingerprint density at radius 1 is 1.26 bits per heavy atom. The molecule has 0 saturated carbocycles. The van der Waals surface area contributed by atoms with Crippen molar-refractivity contribution in [2.24, 2.45) is 0 Å². The van der Waals surface area contributed by atoms with Gasteiger partial charge in [0.15, 0.2) is 0 Å². The smallest absolute Gasteiger partial charge is 0.249 e. The monoisotopic (exact) mass is 327 g/mol. The number of aromatic nitrogens is 2. The van der Waals surface area contributed by atoms with Crippen LogP contribution in [-0.4, -0.2) is 16.0 Å². The summed E-state index contributed by atoms with van der Waals surface area (Å²) in [6.07, 6.45) is 1.14. The number of carbonyl (C=O) groups excluding carboxylic acids is 1. The van der Waals surface area contributed by atoms with E-state index >= 15 is 0 Å². The van der Waals surface area contributed by atoms with Crippen molar-refractivity contribution in [3.05, 3.63) is 59.3 Å². The zero-order chi connectivity index (χ0) is 16.1. The lowest BCUT2D eigenvalue weighted by molar-refractivity contribution is -0.121. The van der Waals surface area contributed by atoms with Gasteiger partial charge in [-0.2, -0.15) is 4.98 Å². The molecule has 0 radical (unpaired) electrons. The van der Waals surface area contributed by atoms with Crippen LogP contribution in [0.1, 0.15) is 30.8 Å². The summed E-state index contributed by atoms with van der Waals surface area (Å²) in [4.78, 5) is 17.3. The maximum absolute atomic E-state index is 12.0. The predicted molar refractivity (Wildman–Crippen MR) is 88.9 cm³/mol. The summed E-state index contributed by atoms with van der Waals surface area (Å²) in [6.45, 7) is 1.84. The highest BCUT2D eigenvalue weighted by Gasteiger charge is 2.17. The second-order valence-electron chi connectivity index (χ2n) is 5.21. The number of thiophene rings is 1. The highest BCUT2D eigenvalue weighted by Crippen LogP contribution is 2.23. The highest BCUT2D eigenvalue weighted by atomic mass is 32.1. The van der Waals surface area contributed by atoms with Crippen LogP contribution in [0, 0.1) is 0 Å². The fourth-order valence-corrected chi connectivity index (χ4v) is 2.84. The van der Waals surface area contributed by atoms with Crippen molar-refractivity contribution in [3.63, 3.8) is 0 Å². The molecular weight excluding hydrogens is 310 g/mol. The summed E-state index contributed by atoms with van der Waals surface area (Å²) in [5.74, 6) is 0.944. The van der Waals surface area contributed by atoms with Crippen LogP contribution in [0.15, 0.2) is 52.4 Å². The summed E-state index contributed by atoms with van der Waals surface area (Å²) < 4.78 is 5.24. The number of hydrogen-bond acceptors (Lipinski definition) is 5. The van der Waals surface area contributed by atoms with Crippen molar-refractivity contribution in [1.82, 2.24) is 15.5 Å². The standard InChI is InChI=1S/C17H17N3O2S/c1-12(17-19-16(20-22-17)14-8-5-11-23-14)18-15(21)10-9-13-6-3-2-4-7-13/h2-8,11-12H,9-10H2,1H3,(H,18,21)/t12-/m1/s1. The van der Waals surface area contributed by atoms with Crippen molar-refractivity contribution in [3.8, 4) is 10.7 Å². The molecule has 1 N–H and O–H groups in total. The Hall–Kier alpha value is -2.47. The molecule has 3 rings (SSSR count). The van der Waals surface area contributed by atoms with E-state index in [1.807, 2.05) is 54.8 Å². The number of nitrogens with one attached hydrogen (secondary N) is 1. The fraction of sp³-hybridized carbons (Fsp3) is 0.235. The highest BCUT2D eigenvalue weighted by molar-refractivity contribution is 7.13. The Bertz CT molecular complexity index is 753. The molecule has 2 aromatic heterocycles. The van der Waals surface area contributed by atoms with E-state index in [4.69, 9.17) is 4.52 Å². The summed E-state index contributed by atoms with van der Waals surface area (Å²) in [5, 5.41) is 8.81. The molecule has 118 valence electrons. The first-order chi connectivity index (χ1) is 11.2. The van der Waals surface area contributed by atoms with Gasteiger partial charge in [0.05, 0.1) is 4.88 Å². The predicted octanol–water partition coefficient (Wildman–Crippen LogP) is 3.61. The van der Waals surface area contributed by atoms with E-state index in [0.717, 1.165) is 10.4 Å². The van der Waals surface area contributed by atoms with Crippen LogP contribution < -0.4 is 5.32 Å². The summed E-state index contributed by atoms with van der Waals surface area (Å²) in [5.41, 5.74) is 1.15. The number of nitrogens with zero attached hydrogens (tertiary/aromatic N) is 2. The Morgan fingerprint density at radius 2 is 2.09 bits per heavy atom. The van der Waals surface area contributed by atoms with Crippen LogP contribution in [0.3, 0.4) is 0 Å². The number of rotatable bonds is 6. The molecule has 0 aliphatic carbocycles. The third-order valence-corrected chi connectivity index (χ3v) is 4.28. The minimum Gasteiger partial charge on any atom is -0.345 e. The average molecular weight is 327 g/mol. The van der Waals surface area contributed by atoms with E-state index in [9.17, 15) is 4.79 Å². The van der Waals surface area contributed by atoms with E-state index in [2.05, 4.69) is 15.5 Å². The topological polar surface area (TPSA) is 68.0 Å². The number of carbonyl (C=O) groups is 1. The second kappa shape index (κ2) is 7.19. The lowest BCUT2D eigenvalue weighted by atomic mass is 10.1. The van der Waals surface area contributed by atoms with Gasteiger partial charge in [-0.15, -0.1) is 11.3 Å². The summed E-state index contributed by atoms with van der Waals surface area (Å²) >= 11 is 1.55. The molecular formula is C17H17N3O2S. The first kappa shape index (κ1) is 15.4. The first-order valence-electron chi connectivity index (χ1n) is 7.43. The molecule has 1 amide bonds. The molecule has 0 unspecified atom stereocenters. The maximum atomic E-state index is 12.0. The first-order valence-corrected chi connectivity index (χ1v) is 8.31. The Balaban J connectivity index is 1.54. The molecule has 3 aromatic rings. The van der Waals surface area contributed by atoms with Gasteiger partial charge in [-0.25, -0.2) is 0 Å². The lowest BCUT2D eigenvalue weighted by Gasteiger charge is -2.09. The van der Waals surface area contributed by atoms with Gasteiger partial charge in [0.2, 0.25) is 17.6 Å². The quantitative estimate of drug-likeness (QED) is 0.751. The third-order valence-electron chi connectivity index (χ3n) is 3.41. The van der Waals surface area contributed by atoms with Gasteiger partial charge in [0, 0.05) is 6.42 Å². The molecule has 0 spiro atoms. The molecule has 0 saturated heterocycles. The number of hydrogen-bond donors (Lipinski definition) is 1. The van der Waals surface area contributed by atoms with Crippen molar-refractivity contribution in [2.75, 3.05) is 0 Å². The SMILES string of the molecule is C[C@@H](NC(=O)CCc1ccccc1)c1nc(-c2cccs2)no1. The molecule has 0 fully saturated rings. The third kappa shape index (κ3) is 4.04. The van der Waals surface area contributed by atoms with Crippen LogP contribution in [0.4, 0.5) is 0 Å². The largest absolute Gasteiger partial charge is 0.345 e. The van der Waals surface area contributed by atoms with Crippen LogP contribution in [-0.2, 0) is 11.2 Å². The molecule has 2 heterocycles. The van der Waals surface area contributed by atoms with Crippen molar-refractivity contribution >= 4 is 17.2 Å². The van der Waals surface area contributed by atoms with Crippen LogP contribution in [0.25, 0.3) is 10.7 Å². The molecule has 0 bridgehead atoms. The molecule has 0 aliphatic heterocycles. The van der Waals surface area contributed by atoms with Gasteiger partial charge >= 0.3 is 0 Å². The van der Waals surface area contributed by atoms with Gasteiger partial charge in [0.25, 0.3) is 0 Å². The van der Waals surface area contributed by atoms with Gasteiger partial charge in [-0.05, 0) is 30.4 Å². The molecule has 6 heteroatoms. The van der Waals surface area contributed by atoms with E-state index < -0.39 is 0 Å². The molecule has 23 heavy (non-hydrogen) atoms. The molecule has 1 aromatic carbocycles. The van der Waals surface area contributed by atoms with Crippen LogP contribution in [0.5, 0.6) is 0 Å². The van der Waals surface area contributed by atoms with Gasteiger partial charge < -0.3 is 9.84 Å². The minimum absolute atomic E-state index is 0.0303. The van der Waals surface area contributed by atoms with Gasteiger partial charge in [0.1, 0.15) is 6.04 Å². The average Bonchev–Trinajstić information content (AvgIpc) is 3.24. The van der Waals surface area contributed by atoms with Crippen LogP contribution >= 0.6 is 11.3 Å². The molecule has 1 atom stereocenters. The van der Waals surface area contributed by atoms with Gasteiger partial charge in [-0.1, -0.05) is 41.6 Å². The Kier molecular flexibility index (Phi) is 4.83. The summed E-state index contributed by atoms with van der Waals surface area (Å²) in [7, 11) is 0. The minimum atomic E-state index is -0.306. The number of aryl methyl sites for hydroxylation is 1. The maximum Gasteiger partial charge on any atom is 0.249 e. The fourth-order valence-electron chi connectivity index (χ4n) is 2.19. The van der Waals surface area contributed by atoms with Crippen molar-refractivity contribution < 1.29 is 9.32 Å². The zero-order valence-electron chi connectivity index (χ0n) is 12.7. The molecule has 0 aliphatic rings. The Labute approximate surface area is 138 Å². The van der Waals surface area contributed by atoms with E-state index in [-0.39, 0.29) is 11.9 Å². The molecule has 5 nitrogen and oxygen atoms in total. The van der Waals surface area contributed by atoms with Crippen LogP contribution in [0.2, 0.25) is 0 Å². The summed E-state index contributed by atoms with van der Waals surface area (Å²) in [6, 6.07) is 13.5. The van der Waals surface area contributed by atoms with Crippen molar-refractivity contribution in [2.45, 2.75) is 25.8 Å². The lowest BCUT2D eigenvalue weighted by Crippen LogP contribution is -2.27.